The second-order valence-electron chi connectivity index (χ2n) is 6.23. The van der Waals surface area contributed by atoms with Gasteiger partial charge in [-0.15, -0.1) is 0 Å². The molecule has 5 nitrogen and oxygen atoms in total. The number of fused-ring (bicyclic) bond motifs is 2. The maximum atomic E-state index is 12.5. The van der Waals surface area contributed by atoms with E-state index in [-0.39, 0.29) is 11.8 Å². The first-order chi connectivity index (χ1) is 10.8. The molecule has 0 saturated heterocycles. The Morgan fingerprint density at radius 2 is 2.36 bits per heavy atom. The van der Waals surface area contributed by atoms with E-state index in [1.807, 2.05) is 0 Å². The van der Waals surface area contributed by atoms with Crippen LogP contribution in [0.1, 0.15) is 38.5 Å². The fraction of sp³-hybridized carbons (Fsp3) is 0.588. The highest BCUT2D eigenvalue weighted by Gasteiger charge is 2.43. The van der Waals surface area contributed by atoms with Crippen LogP contribution in [0.4, 0.5) is 5.82 Å². The summed E-state index contributed by atoms with van der Waals surface area (Å²) in [6, 6.07) is 5.67. The molecule has 22 heavy (non-hydrogen) atoms. The first kappa shape index (κ1) is 14.8. The first-order valence-electron chi connectivity index (χ1n) is 8.03. The number of nitrogens with zero attached hydrogens (tertiary/aromatic N) is 2. The van der Waals surface area contributed by atoms with Crippen LogP contribution in [0.25, 0.3) is 0 Å². The van der Waals surface area contributed by atoms with E-state index in [1.165, 1.54) is 19.3 Å². The molecular formula is C17H21N3O2. The quantitative estimate of drug-likeness (QED) is 0.819. The van der Waals surface area contributed by atoms with Crippen molar-refractivity contribution in [3.63, 3.8) is 0 Å². The van der Waals surface area contributed by atoms with Crippen LogP contribution in [0.5, 0.6) is 5.75 Å². The van der Waals surface area contributed by atoms with E-state index in [0.29, 0.717) is 36.9 Å². The van der Waals surface area contributed by atoms with Gasteiger partial charge in [0.25, 0.3) is 0 Å². The highest BCUT2D eigenvalue weighted by atomic mass is 16.5. The summed E-state index contributed by atoms with van der Waals surface area (Å²) >= 11 is 0. The largest absolute Gasteiger partial charge is 0.490 e. The number of hydrogen-bond acceptors (Lipinski definition) is 4. The second-order valence-corrected chi connectivity index (χ2v) is 6.23. The normalized spacial score (nSPS) is 25.7. The lowest BCUT2D eigenvalue weighted by atomic mass is 9.88. The maximum Gasteiger partial charge on any atom is 0.229 e. The number of pyridine rings is 1. The summed E-state index contributed by atoms with van der Waals surface area (Å²) in [6.45, 7) is 0.455. The Balaban J connectivity index is 1.60. The Hall–Kier alpha value is -2.09. The van der Waals surface area contributed by atoms with Crippen molar-refractivity contribution in [1.82, 2.24) is 4.98 Å². The fourth-order valence-corrected chi connectivity index (χ4v) is 3.71. The molecule has 1 N–H and O–H groups in total. The van der Waals surface area contributed by atoms with Gasteiger partial charge in [0.15, 0.2) is 11.6 Å². The third-order valence-corrected chi connectivity index (χ3v) is 4.78. The minimum atomic E-state index is 0.0766. The number of carbonyl (C=O) groups is 1. The molecule has 1 heterocycles. The van der Waals surface area contributed by atoms with Crippen LogP contribution in [0.2, 0.25) is 0 Å². The minimum Gasteiger partial charge on any atom is -0.490 e. The van der Waals surface area contributed by atoms with Crippen LogP contribution in [-0.2, 0) is 4.79 Å². The summed E-state index contributed by atoms with van der Waals surface area (Å²) in [5.41, 5.74) is 0. The molecule has 0 radical (unpaired) electrons. The van der Waals surface area contributed by atoms with Crippen LogP contribution in [0.3, 0.4) is 0 Å². The van der Waals surface area contributed by atoms with E-state index >= 15 is 0 Å². The summed E-state index contributed by atoms with van der Waals surface area (Å²) in [5, 5.41) is 11.5. The molecule has 5 heteroatoms. The minimum absolute atomic E-state index is 0.0766. The molecule has 1 aromatic rings. The fourth-order valence-electron chi connectivity index (χ4n) is 3.71. The van der Waals surface area contributed by atoms with Crippen LogP contribution >= 0.6 is 0 Å². The van der Waals surface area contributed by atoms with Crippen LogP contribution < -0.4 is 10.1 Å². The zero-order chi connectivity index (χ0) is 15.4. The Kier molecular flexibility index (Phi) is 4.57. The van der Waals surface area contributed by atoms with Crippen molar-refractivity contribution in [3.8, 4) is 11.8 Å². The predicted octanol–water partition coefficient (Wildman–Crippen LogP) is 3.14. The van der Waals surface area contributed by atoms with E-state index in [1.54, 1.807) is 18.3 Å². The molecule has 2 saturated carbocycles. The average molecular weight is 299 g/mol. The molecule has 0 spiro atoms. The van der Waals surface area contributed by atoms with Gasteiger partial charge < -0.3 is 10.1 Å². The van der Waals surface area contributed by atoms with Gasteiger partial charge in [-0.3, -0.25) is 4.79 Å². The van der Waals surface area contributed by atoms with Gasteiger partial charge in [0.1, 0.15) is 0 Å². The van der Waals surface area contributed by atoms with Gasteiger partial charge in [0, 0.05) is 18.5 Å². The Labute approximate surface area is 130 Å². The molecule has 1 aromatic heterocycles. The lowest BCUT2D eigenvalue weighted by Gasteiger charge is -2.21. The molecule has 0 aliphatic heterocycles. The van der Waals surface area contributed by atoms with Crippen LogP contribution in [0, 0.1) is 29.1 Å². The first-order valence-corrected chi connectivity index (χ1v) is 8.03. The van der Waals surface area contributed by atoms with E-state index in [4.69, 9.17) is 10.00 Å². The summed E-state index contributed by atoms with van der Waals surface area (Å²) in [4.78, 5) is 16.7. The zero-order valence-corrected chi connectivity index (χ0v) is 12.6. The molecule has 116 valence electrons. The van der Waals surface area contributed by atoms with E-state index in [2.05, 4.69) is 16.4 Å². The standard InChI is InChI=1S/C17H21N3O2/c18-7-1-2-9-22-15-4-3-8-19-16(15)20-17(21)14-11-12-5-6-13(14)10-12/h3-4,8,12-14H,1-2,5-6,9-11H2,(H,19,20,21)/t12-,13-,14-/m0/s1. The zero-order valence-electron chi connectivity index (χ0n) is 12.6. The van der Waals surface area contributed by atoms with Crippen molar-refractivity contribution in [2.45, 2.75) is 38.5 Å². The Morgan fingerprint density at radius 1 is 1.45 bits per heavy atom. The monoisotopic (exact) mass is 299 g/mol. The van der Waals surface area contributed by atoms with E-state index < -0.39 is 0 Å². The highest BCUT2D eigenvalue weighted by molar-refractivity contribution is 5.93. The van der Waals surface area contributed by atoms with Gasteiger partial charge in [0.2, 0.25) is 5.91 Å². The number of nitriles is 1. The molecule has 2 aliphatic rings. The highest BCUT2D eigenvalue weighted by Crippen LogP contribution is 2.48. The molecule has 1 amide bonds. The number of aromatic nitrogens is 1. The van der Waals surface area contributed by atoms with Gasteiger partial charge in [-0.25, -0.2) is 4.98 Å². The number of hydrogen-bond donors (Lipinski definition) is 1. The van der Waals surface area contributed by atoms with Crippen molar-refractivity contribution in [2.75, 3.05) is 11.9 Å². The summed E-state index contributed by atoms with van der Waals surface area (Å²) < 4.78 is 5.64. The molecule has 0 aromatic carbocycles. The van der Waals surface area contributed by atoms with Gasteiger partial charge in [-0.1, -0.05) is 6.42 Å². The SMILES string of the molecule is N#CCCCOc1cccnc1NC(=O)[C@H]1C[C@H]2CC[C@H]1C2. The number of ether oxygens (including phenoxy) is 1. The average Bonchev–Trinajstić information content (AvgIpc) is 3.16. The van der Waals surface area contributed by atoms with Gasteiger partial charge in [-0.05, 0) is 49.7 Å². The predicted molar refractivity (Wildman–Crippen MR) is 82.1 cm³/mol. The number of anilines is 1. The van der Waals surface area contributed by atoms with Crippen LogP contribution in [0.15, 0.2) is 18.3 Å². The van der Waals surface area contributed by atoms with E-state index in [9.17, 15) is 4.79 Å². The Bertz CT molecular complexity index is 582. The van der Waals surface area contributed by atoms with E-state index in [0.717, 1.165) is 12.3 Å². The molecule has 0 unspecified atom stereocenters. The summed E-state index contributed by atoms with van der Waals surface area (Å²) in [6.07, 6.45) is 7.48. The van der Waals surface area contributed by atoms with Gasteiger partial charge >= 0.3 is 0 Å². The third-order valence-electron chi connectivity index (χ3n) is 4.78. The lowest BCUT2D eigenvalue weighted by molar-refractivity contribution is -0.121. The van der Waals surface area contributed by atoms with Gasteiger partial charge in [-0.2, -0.15) is 5.26 Å². The topological polar surface area (TPSA) is 75.0 Å². The molecular weight excluding hydrogens is 278 g/mol. The van der Waals surface area contributed by atoms with Crippen molar-refractivity contribution >= 4 is 11.7 Å². The number of amides is 1. The van der Waals surface area contributed by atoms with Crippen molar-refractivity contribution in [1.29, 1.82) is 5.26 Å². The number of nitrogens with one attached hydrogen (secondary N) is 1. The maximum absolute atomic E-state index is 12.5. The lowest BCUT2D eigenvalue weighted by Crippen LogP contribution is -2.27. The van der Waals surface area contributed by atoms with Gasteiger partial charge in [0.05, 0.1) is 12.7 Å². The Morgan fingerprint density at radius 3 is 3.09 bits per heavy atom. The molecule has 2 aliphatic carbocycles. The second kappa shape index (κ2) is 6.78. The van der Waals surface area contributed by atoms with Crippen LogP contribution in [-0.4, -0.2) is 17.5 Å². The van der Waals surface area contributed by atoms with Crippen molar-refractivity contribution < 1.29 is 9.53 Å². The molecule has 2 bridgehead atoms. The molecule has 3 rings (SSSR count). The van der Waals surface area contributed by atoms with Crippen molar-refractivity contribution in [2.24, 2.45) is 17.8 Å². The number of carbonyl (C=O) groups excluding carboxylic acids is 1. The number of unbranched alkanes of at least 4 members (excludes halogenated alkanes) is 1. The summed E-state index contributed by atoms with van der Waals surface area (Å²) in [5.74, 6) is 2.57. The summed E-state index contributed by atoms with van der Waals surface area (Å²) in [7, 11) is 0. The molecule has 3 atom stereocenters. The smallest absolute Gasteiger partial charge is 0.229 e. The third kappa shape index (κ3) is 3.22. The molecule has 2 fully saturated rings. The number of rotatable bonds is 6. The van der Waals surface area contributed by atoms with Crippen molar-refractivity contribution in [3.05, 3.63) is 18.3 Å².